The van der Waals surface area contributed by atoms with Crippen LogP contribution in [0.25, 0.3) is 0 Å². The van der Waals surface area contributed by atoms with Crippen molar-refractivity contribution in [1.82, 2.24) is 5.32 Å². The Hall–Kier alpha value is -0.980. The lowest BCUT2D eigenvalue weighted by atomic mass is 10.2. The molecule has 0 aromatic heterocycles. The maximum absolute atomic E-state index is 12.9. The van der Waals surface area contributed by atoms with E-state index in [-0.39, 0.29) is 12.5 Å². The van der Waals surface area contributed by atoms with E-state index in [0.717, 1.165) is 0 Å². The Kier molecular flexibility index (Phi) is 6.97. The molecule has 6 heteroatoms. The van der Waals surface area contributed by atoms with Crippen molar-refractivity contribution in [3.05, 3.63) is 34.1 Å². The number of hydrogen-bond acceptors (Lipinski definition) is 3. The van der Waals surface area contributed by atoms with Gasteiger partial charge in [0.05, 0.1) is 12.1 Å². The molecular formula is C13H17BrFNO3. The van der Waals surface area contributed by atoms with Crippen LogP contribution in [-0.2, 0) is 9.47 Å². The Bertz CT molecular complexity index is 422. The van der Waals surface area contributed by atoms with E-state index in [1.807, 2.05) is 13.8 Å². The number of benzene rings is 1. The molecule has 0 radical (unpaired) electrons. The Morgan fingerprint density at radius 2 is 2.00 bits per heavy atom. The summed E-state index contributed by atoms with van der Waals surface area (Å²) < 4.78 is 24.0. The number of carbonyl (C=O) groups excluding carboxylic acids is 1. The van der Waals surface area contributed by atoms with Crippen LogP contribution < -0.4 is 5.32 Å². The molecule has 4 nitrogen and oxygen atoms in total. The Labute approximate surface area is 120 Å². The van der Waals surface area contributed by atoms with Gasteiger partial charge >= 0.3 is 0 Å². The SMILES string of the molecule is CCOC(CNC(=O)c1ccc(F)cc1Br)OCC. The van der Waals surface area contributed by atoms with E-state index in [1.165, 1.54) is 18.2 Å². The molecule has 1 aromatic carbocycles. The van der Waals surface area contributed by atoms with Gasteiger partial charge in [-0.1, -0.05) is 0 Å². The first-order valence-electron chi connectivity index (χ1n) is 6.04. The van der Waals surface area contributed by atoms with Crippen LogP contribution in [0.15, 0.2) is 22.7 Å². The van der Waals surface area contributed by atoms with Crippen LogP contribution in [0.2, 0.25) is 0 Å². The van der Waals surface area contributed by atoms with Crippen LogP contribution in [-0.4, -0.2) is 32.0 Å². The molecule has 0 unspecified atom stereocenters. The molecule has 0 aliphatic heterocycles. The van der Waals surface area contributed by atoms with Crippen LogP contribution in [0, 0.1) is 5.82 Å². The van der Waals surface area contributed by atoms with Crippen molar-refractivity contribution < 1.29 is 18.7 Å². The van der Waals surface area contributed by atoms with Crippen molar-refractivity contribution in [3.63, 3.8) is 0 Å². The zero-order valence-electron chi connectivity index (χ0n) is 10.9. The predicted octanol–water partition coefficient (Wildman–Crippen LogP) is 2.72. The summed E-state index contributed by atoms with van der Waals surface area (Å²) in [6.07, 6.45) is -0.474. The lowest BCUT2D eigenvalue weighted by molar-refractivity contribution is -0.131. The Balaban J connectivity index is 2.58. The summed E-state index contributed by atoms with van der Waals surface area (Å²) in [6, 6.07) is 3.91. The van der Waals surface area contributed by atoms with Gasteiger partial charge in [0.15, 0.2) is 6.29 Å². The quantitative estimate of drug-likeness (QED) is 0.780. The van der Waals surface area contributed by atoms with Gasteiger partial charge in [-0.25, -0.2) is 4.39 Å². The molecule has 1 N–H and O–H groups in total. The Morgan fingerprint density at radius 1 is 1.37 bits per heavy atom. The second-order valence-corrected chi connectivity index (χ2v) is 4.53. The fraction of sp³-hybridized carbons (Fsp3) is 0.462. The maximum Gasteiger partial charge on any atom is 0.252 e. The minimum absolute atomic E-state index is 0.240. The minimum Gasteiger partial charge on any atom is -0.351 e. The smallest absolute Gasteiger partial charge is 0.252 e. The number of amides is 1. The van der Waals surface area contributed by atoms with E-state index >= 15 is 0 Å². The first kappa shape index (κ1) is 16.1. The normalized spacial score (nSPS) is 10.8. The van der Waals surface area contributed by atoms with Gasteiger partial charge in [-0.05, 0) is 48.0 Å². The first-order valence-corrected chi connectivity index (χ1v) is 6.84. The first-order chi connectivity index (χ1) is 9.08. The molecular weight excluding hydrogens is 317 g/mol. The maximum atomic E-state index is 12.9. The van der Waals surface area contributed by atoms with Crippen molar-refractivity contribution in [2.75, 3.05) is 19.8 Å². The number of halogens is 2. The summed E-state index contributed by atoms with van der Waals surface area (Å²) in [7, 11) is 0. The zero-order valence-corrected chi connectivity index (χ0v) is 12.5. The second kappa shape index (κ2) is 8.24. The topological polar surface area (TPSA) is 47.6 Å². The highest BCUT2D eigenvalue weighted by Crippen LogP contribution is 2.17. The number of nitrogens with one attached hydrogen (secondary N) is 1. The van der Waals surface area contributed by atoms with Gasteiger partial charge in [0.2, 0.25) is 0 Å². The van der Waals surface area contributed by atoms with E-state index in [1.54, 1.807) is 0 Å². The van der Waals surface area contributed by atoms with E-state index in [0.29, 0.717) is 23.2 Å². The monoisotopic (exact) mass is 333 g/mol. The third kappa shape index (κ3) is 5.26. The molecule has 0 saturated carbocycles. The highest BCUT2D eigenvalue weighted by atomic mass is 79.9. The molecule has 0 atom stereocenters. The van der Waals surface area contributed by atoms with Crippen LogP contribution in [0.3, 0.4) is 0 Å². The summed E-state index contributed by atoms with van der Waals surface area (Å²) in [5.74, 6) is -0.707. The molecule has 0 spiro atoms. The second-order valence-electron chi connectivity index (χ2n) is 3.67. The molecule has 0 saturated heterocycles. The lowest BCUT2D eigenvalue weighted by Gasteiger charge is -2.17. The van der Waals surface area contributed by atoms with Crippen molar-refractivity contribution in [3.8, 4) is 0 Å². The summed E-state index contributed by atoms with van der Waals surface area (Å²) >= 11 is 3.15. The third-order valence-electron chi connectivity index (χ3n) is 2.31. The fourth-order valence-corrected chi connectivity index (χ4v) is 2.01. The molecule has 0 heterocycles. The highest BCUT2D eigenvalue weighted by molar-refractivity contribution is 9.10. The van der Waals surface area contributed by atoms with E-state index in [2.05, 4.69) is 21.2 Å². The zero-order chi connectivity index (χ0) is 14.3. The number of hydrogen-bond donors (Lipinski definition) is 1. The van der Waals surface area contributed by atoms with E-state index in [4.69, 9.17) is 9.47 Å². The summed E-state index contributed by atoms with van der Waals surface area (Å²) in [6.45, 7) is 4.95. The van der Waals surface area contributed by atoms with Gasteiger partial charge < -0.3 is 14.8 Å². The minimum atomic E-state index is -0.474. The fourth-order valence-electron chi connectivity index (χ4n) is 1.48. The molecule has 19 heavy (non-hydrogen) atoms. The number of carbonyl (C=O) groups is 1. The molecule has 0 fully saturated rings. The van der Waals surface area contributed by atoms with Crippen LogP contribution in [0.1, 0.15) is 24.2 Å². The van der Waals surface area contributed by atoms with E-state index < -0.39 is 12.1 Å². The Morgan fingerprint density at radius 3 is 2.53 bits per heavy atom. The van der Waals surface area contributed by atoms with Crippen LogP contribution in [0.4, 0.5) is 4.39 Å². The summed E-state index contributed by atoms with van der Waals surface area (Å²) in [5.41, 5.74) is 0.369. The van der Waals surface area contributed by atoms with Crippen LogP contribution in [0.5, 0.6) is 0 Å². The van der Waals surface area contributed by atoms with Crippen molar-refractivity contribution in [2.45, 2.75) is 20.1 Å². The van der Waals surface area contributed by atoms with Gasteiger partial charge in [0, 0.05) is 17.7 Å². The molecule has 1 aromatic rings. The lowest BCUT2D eigenvalue weighted by Crippen LogP contribution is -2.35. The average Bonchev–Trinajstić information content (AvgIpc) is 2.36. The third-order valence-corrected chi connectivity index (χ3v) is 2.97. The van der Waals surface area contributed by atoms with Gasteiger partial charge in [0.25, 0.3) is 5.91 Å². The molecule has 1 rings (SSSR count). The van der Waals surface area contributed by atoms with Crippen molar-refractivity contribution >= 4 is 21.8 Å². The van der Waals surface area contributed by atoms with Gasteiger partial charge in [-0.3, -0.25) is 4.79 Å². The molecule has 106 valence electrons. The molecule has 0 bridgehead atoms. The van der Waals surface area contributed by atoms with E-state index in [9.17, 15) is 9.18 Å². The molecule has 0 aliphatic carbocycles. The van der Waals surface area contributed by atoms with Crippen molar-refractivity contribution in [1.29, 1.82) is 0 Å². The molecule has 0 aliphatic rings. The van der Waals surface area contributed by atoms with Crippen molar-refractivity contribution in [2.24, 2.45) is 0 Å². The number of ether oxygens (including phenoxy) is 2. The highest BCUT2D eigenvalue weighted by Gasteiger charge is 2.14. The van der Waals surface area contributed by atoms with Crippen LogP contribution >= 0.6 is 15.9 Å². The van der Waals surface area contributed by atoms with Gasteiger partial charge in [-0.15, -0.1) is 0 Å². The average molecular weight is 334 g/mol. The molecule has 1 amide bonds. The van der Waals surface area contributed by atoms with Gasteiger partial charge in [-0.2, -0.15) is 0 Å². The predicted molar refractivity (Wildman–Crippen MR) is 73.5 cm³/mol. The summed E-state index contributed by atoms with van der Waals surface area (Å²) in [5, 5.41) is 2.69. The standard InChI is InChI=1S/C13H17BrFNO3/c1-3-18-12(19-4-2)8-16-13(17)10-6-5-9(15)7-11(10)14/h5-7,12H,3-4,8H2,1-2H3,(H,16,17). The largest absolute Gasteiger partial charge is 0.351 e. The van der Waals surface area contributed by atoms with Gasteiger partial charge in [0.1, 0.15) is 5.82 Å². The number of rotatable bonds is 7. The summed E-state index contributed by atoms with van der Waals surface area (Å²) in [4.78, 5) is 11.9.